The van der Waals surface area contributed by atoms with Crippen molar-refractivity contribution in [2.45, 2.75) is 39.5 Å². The molecule has 1 unspecified atom stereocenters. The molecular formula is C13H18Br2N2O2. The number of benzene rings is 1. The number of nitrogens with one attached hydrogen (secondary N) is 1. The number of hydrogen-bond acceptors (Lipinski definition) is 3. The summed E-state index contributed by atoms with van der Waals surface area (Å²) < 4.78 is 7.23. The van der Waals surface area contributed by atoms with Crippen LogP contribution in [0.15, 0.2) is 21.1 Å². The summed E-state index contributed by atoms with van der Waals surface area (Å²) in [6.07, 6.45) is -0.571. The molecule has 0 fully saturated rings. The third-order valence-corrected chi connectivity index (χ3v) is 3.57. The third kappa shape index (κ3) is 4.78. The monoisotopic (exact) mass is 392 g/mol. The zero-order valence-corrected chi connectivity index (χ0v) is 14.3. The second-order valence-electron chi connectivity index (χ2n) is 4.52. The van der Waals surface area contributed by atoms with E-state index in [1.54, 1.807) is 6.92 Å². The molecule has 1 aromatic rings. The minimum absolute atomic E-state index is 0.0880. The van der Waals surface area contributed by atoms with Gasteiger partial charge in [0.2, 0.25) is 0 Å². The van der Waals surface area contributed by atoms with Crippen molar-refractivity contribution in [3.8, 4) is 5.75 Å². The second-order valence-corrected chi connectivity index (χ2v) is 6.22. The van der Waals surface area contributed by atoms with E-state index >= 15 is 0 Å². The standard InChI is InChI=1S/C13H18Br2N2O2/c1-7(2)17-13(18)8(3)19-12-10(14)4-9(6-16)5-11(12)15/h4-5,7-8H,6,16H2,1-3H3,(H,17,18). The van der Waals surface area contributed by atoms with Gasteiger partial charge in [0.1, 0.15) is 5.75 Å². The van der Waals surface area contributed by atoms with Crippen LogP contribution in [0.1, 0.15) is 26.3 Å². The van der Waals surface area contributed by atoms with E-state index in [0.29, 0.717) is 12.3 Å². The Morgan fingerprint density at radius 1 is 1.32 bits per heavy atom. The first-order chi connectivity index (χ1) is 8.85. The summed E-state index contributed by atoms with van der Waals surface area (Å²) in [5.74, 6) is 0.459. The SMILES string of the molecule is CC(C)NC(=O)C(C)Oc1c(Br)cc(CN)cc1Br. The van der Waals surface area contributed by atoms with Crippen LogP contribution in [0.3, 0.4) is 0 Å². The fourth-order valence-corrected chi connectivity index (χ4v) is 2.94. The maximum Gasteiger partial charge on any atom is 0.260 e. The second kappa shape index (κ2) is 7.26. The molecule has 0 saturated heterocycles. The Morgan fingerprint density at radius 2 is 1.84 bits per heavy atom. The maximum absolute atomic E-state index is 11.8. The number of amides is 1. The van der Waals surface area contributed by atoms with Crippen molar-refractivity contribution in [1.29, 1.82) is 0 Å². The van der Waals surface area contributed by atoms with Crippen LogP contribution in [0.5, 0.6) is 5.75 Å². The molecule has 1 atom stereocenters. The van der Waals surface area contributed by atoms with Crippen LogP contribution in [-0.2, 0) is 11.3 Å². The highest BCUT2D eigenvalue weighted by atomic mass is 79.9. The van der Waals surface area contributed by atoms with Crippen LogP contribution in [0.2, 0.25) is 0 Å². The highest BCUT2D eigenvalue weighted by Gasteiger charge is 2.18. The van der Waals surface area contributed by atoms with Crippen molar-refractivity contribution >= 4 is 37.8 Å². The molecule has 19 heavy (non-hydrogen) atoms. The van der Waals surface area contributed by atoms with Crippen molar-refractivity contribution in [3.05, 3.63) is 26.6 Å². The Hall–Kier alpha value is -0.590. The van der Waals surface area contributed by atoms with Gasteiger partial charge in [0.25, 0.3) is 5.91 Å². The summed E-state index contributed by atoms with van der Waals surface area (Å²) in [5, 5.41) is 2.81. The average Bonchev–Trinajstić information content (AvgIpc) is 2.32. The molecule has 0 heterocycles. The molecule has 1 rings (SSSR count). The number of nitrogens with two attached hydrogens (primary N) is 1. The molecule has 0 aromatic heterocycles. The van der Waals surface area contributed by atoms with Gasteiger partial charge in [0.05, 0.1) is 8.95 Å². The van der Waals surface area contributed by atoms with Gasteiger partial charge in [-0.1, -0.05) is 0 Å². The maximum atomic E-state index is 11.8. The van der Waals surface area contributed by atoms with Crippen LogP contribution >= 0.6 is 31.9 Å². The number of hydrogen-bond donors (Lipinski definition) is 2. The first-order valence-electron chi connectivity index (χ1n) is 6.00. The predicted octanol–water partition coefficient (Wildman–Crippen LogP) is 2.96. The first kappa shape index (κ1) is 16.5. The Balaban J connectivity index is 2.85. The zero-order chi connectivity index (χ0) is 14.6. The average molecular weight is 394 g/mol. The van der Waals surface area contributed by atoms with Gasteiger partial charge >= 0.3 is 0 Å². The molecule has 1 amide bonds. The lowest BCUT2D eigenvalue weighted by Crippen LogP contribution is -2.40. The van der Waals surface area contributed by atoms with Gasteiger partial charge in [0, 0.05) is 12.6 Å². The quantitative estimate of drug-likeness (QED) is 0.808. The van der Waals surface area contributed by atoms with Gasteiger partial charge in [-0.05, 0) is 70.3 Å². The lowest BCUT2D eigenvalue weighted by Gasteiger charge is -2.18. The van der Waals surface area contributed by atoms with E-state index in [-0.39, 0.29) is 11.9 Å². The van der Waals surface area contributed by atoms with Gasteiger partial charge in [-0.15, -0.1) is 0 Å². The normalized spacial score (nSPS) is 12.4. The molecule has 0 aliphatic heterocycles. The Kier molecular flexibility index (Phi) is 6.29. The first-order valence-corrected chi connectivity index (χ1v) is 7.58. The summed E-state index contributed by atoms with van der Waals surface area (Å²) >= 11 is 6.85. The highest BCUT2D eigenvalue weighted by molar-refractivity contribution is 9.11. The van der Waals surface area contributed by atoms with Crippen molar-refractivity contribution < 1.29 is 9.53 Å². The van der Waals surface area contributed by atoms with Gasteiger partial charge in [-0.3, -0.25) is 4.79 Å². The molecule has 0 radical (unpaired) electrons. The fraction of sp³-hybridized carbons (Fsp3) is 0.462. The summed E-state index contributed by atoms with van der Waals surface area (Å²) in [4.78, 5) is 11.8. The van der Waals surface area contributed by atoms with Gasteiger partial charge in [-0.25, -0.2) is 0 Å². The molecule has 4 nitrogen and oxygen atoms in total. The van der Waals surface area contributed by atoms with Crippen LogP contribution in [-0.4, -0.2) is 18.1 Å². The molecule has 6 heteroatoms. The van der Waals surface area contributed by atoms with E-state index in [1.165, 1.54) is 0 Å². The largest absolute Gasteiger partial charge is 0.479 e. The Bertz CT molecular complexity index is 441. The highest BCUT2D eigenvalue weighted by Crippen LogP contribution is 2.35. The summed E-state index contributed by atoms with van der Waals surface area (Å²) in [5.41, 5.74) is 6.57. The van der Waals surface area contributed by atoms with E-state index in [0.717, 1.165) is 14.5 Å². The van der Waals surface area contributed by atoms with Crippen molar-refractivity contribution in [2.24, 2.45) is 5.73 Å². The summed E-state index contributed by atoms with van der Waals surface area (Å²) in [6, 6.07) is 3.85. The minimum Gasteiger partial charge on any atom is -0.479 e. The smallest absolute Gasteiger partial charge is 0.260 e. The van der Waals surface area contributed by atoms with E-state index < -0.39 is 6.10 Å². The molecular weight excluding hydrogens is 376 g/mol. The number of ether oxygens (including phenoxy) is 1. The molecule has 0 aliphatic carbocycles. The van der Waals surface area contributed by atoms with E-state index in [4.69, 9.17) is 10.5 Å². The Morgan fingerprint density at radius 3 is 2.26 bits per heavy atom. The van der Waals surface area contributed by atoms with Gasteiger partial charge in [0.15, 0.2) is 6.10 Å². The van der Waals surface area contributed by atoms with Crippen molar-refractivity contribution in [2.75, 3.05) is 0 Å². The summed E-state index contributed by atoms with van der Waals surface area (Å²) in [7, 11) is 0. The van der Waals surface area contributed by atoms with Crippen molar-refractivity contribution in [3.63, 3.8) is 0 Å². The molecule has 0 bridgehead atoms. The van der Waals surface area contributed by atoms with Crippen LogP contribution in [0.4, 0.5) is 0 Å². The molecule has 1 aromatic carbocycles. The van der Waals surface area contributed by atoms with Gasteiger partial charge in [-0.2, -0.15) is 0 Å². The fourth-order valence-electron chi connectivity index (χ4n) is 1.47. The lowest BCUT2D eigenvalue weighted by molar-refractivity contribution is -0.127. The number of carbonyl (C=O) groups is 1. The lowest BCUT2D eigenvalue weighted by atomic mass is 10.2. The molecule has 106 valence electrons. The predicted molar refractivity (Wildman–Crippen MR) is 83.1 cm³/mol. The summed E-state index contributed by atoms with van der Waals surface area (Å²) in [6.45, 7) is 5.98. The number of carbonyl (C=O) groups excluding carboxylic acids is 1. The minimum atomic E-state index is -0.571. The van der Waals surface area contributed by atoms with E-state index in [9.17, 15) is 4.79 Å². The van der Waals surface area contributed by atoms with E-state index in [1.807, 2.05) is 26.0 Å². The molecule has 0 aliphatic rings. The number of rotatable bonds is 5. The van der Waals surface area contributed by atoms with Gasteiger partial charge < -0.3 is 15.8 Å². The molecule has 3 N–H and O–H groups in total. The van der Waals surface area contributed by atoms with Crippen LogP contribution < -0.4 is 15.8 Å². The van der Waals surface area contributed by atoms with Crippen molar-refractivity contribution in [1.82, 2.24) is 5.32 Å². The van der Waals surface area contributed by atoms with E-state index in [2.05, 4.69) is 37.2 Å². The zero-order valence-electron chi connectivity index (χ0n) is 11.2. The number of halogens is 2. The third-order valence-electron chi connectivity index (χ3n) is 2.39. The topological polar surface area (TPSA) is 64.3 Å². The van der Waals surface area contributed by atoms with Crippen LogP contribution in [0.25, 0.3) is 0 Å². The van der Waals surface area contributed by atoms with Crippen LogP contribution in [0, 0.1) is 0 Å². The Labute approximate surface area is 130 Å². The molecule has 0 saturated carbocycles. The molecule has 0 spiro atoms.